The Morgan fingerprint density at radius 1 is 1.43 bits per heavy atom. The number of ether oxygens (including phenoxy) is 2. The van der Waals surface area contributed by atoms with E-state index in [2.05, 4.69) is 4.74 Å². The molecular weight excluding hydrogens is 208 g/mol. The van der Waals surface area contributed by atoms with Crippen LogP contribution < -0.4 is 0 Å². The summed E-state index contributed by atoms with van der Waals surface area (Å²) >= 11 is 0. The summed E-state index contributed by atoms with van der Waals surface area (Å²) in [5.74, 6) is -0.725. The van der Waals surface area contributed by atoms with Gasteiger partial charge in [-0.3, -0.25) is 4.79 Å². The highest BCUT2D eigenvalue weighted by molar-refractivity contribution is 7.94. The number of carbonyl (C=O) groups excluding carboxylic acids is 1. The molecule has 5 nitrogen and oxygen atoms in total. The first-order valence-electron chi connectivity index (χ1n) is 4.28. The molecule has 0 N–H and O–H groups in total. The van der Waals surface area contributed by atoms with Gasteiger partial charge in [-0.1, -0.05) is 0 Å². The van der Waals surface area contributed by atoms with Crippen molar-refractivity contribution in [2.24, 2.45) is 0 Å². The summed E-state index contributed by atoms with van der Waals surface area (Å²) in [5.41, 5.74) is 0. The summed E-state index contributed by atoms with van der Waals surface area (Å²) in [6.07, 6.45) is 0. The number of methoxy groups -OCH3 is 1. The largest absolute Gasteiger partial charge is 0.468 e. The van der Waals surface area contributed by atoms with Crippen LogP contribution >= 0.6 is 0 Å². The molecule has 1 fully saturated rings. The molecule has 0 unspecified atom stereocenters. The topological polar surface area (TPSA) is 69.7 Å². The Morgan fingerprint density at radius 2 is 1.93 bits per heavy atom. The van der Waals surface area contributed by atoms with Crippen LogP contribution in [0.5, 0.6) is 0 Å². The minimum Gasteiger partial charge on any atom is -0.468 e. The summed E-state index contributed by atoms with van der Waals surface area (Å²) in [5, 5.41) is -0.606. The number of esters is 1. The van der Waals surface area contributed by atoms with Gasteiger partial charge in [0.05, 0.1) is 25.6 Å². The first-order chi connectivity index (χ1) is 6.38. The molecular formula is C8H14O5S. The molecule has 0 bridgehead atoms. The quantitative estimate of drug-likeness (QED) is 0.616. The van der Waals surface area contributed by atoms with E-state index in [0.29, 0.717) is 0 Å². The van der Waals surface area contributed by atoms with Gasteiger partial charge in [-0.25, -0.2) is 8.42 Å². The summed E-state index contributed by atoms with van der Waals surface area (Å²) in [4.78, 5) is 11.4. The van der Waals surface area contributed by atoms with Crippen LogP contribution in [0.4, 0.5) is 0 Å². The molecule has 1 aliphatic rings. The minimum atomic E-state index is -3.51. The van der Waals surface area contributed by atoms with Crippen molar-refractivity contribution in [1.29, 1.82) is 0 Å². The molecule has 0 aromatic heterocycles. The number of sulfone groups is 1. The van der Waals surface area contributed by atoms with Gasteiger partial charge in [-0.2, -0.15) is 0 Å². The fourth-order valence-electron chi connectivity index (χ4n) is 1.32. The van der Waals surface area contributed by atoms with Crippen LogP contribution in [0, 0.1) is 0 Å². The van der Waals surface area contributed by atoms with Crippen LogP contribution in [-0.4, -0.2) is 44.7 Å². The smallest absolute Gasteiger partial charge is 0.332 e. The van der Waals surface area contributed by atoms with Gasteiger partial charge >= 0.3 is 5.97 Å². The first-order valence-corrected chi connectivity index (χ1v) is 5.83. The van der Waals surface area contributed by atoms with Crippen LogP contribution in [0.3, 0.4) is 0 Å². The second-order valence-electron chi connectivity index (χ2n) is 3.57. The average molecular weight is 222 g/mol. The van der Waals surface area contributed by atoms with Crippen molar-refractivity contribution in [3.05, 3.63) is 0 Å². The lowest BCUT2D eigenvalue weighted by Crippen LogP contribution is -2.63. The van der Waals surface area contributed by atoms with E-state index in [-0.39, 0.29) is 13.2 Å². The van der Waals surface area contributed by atoms with E-state index in [1.165, 1.54) is 7.11 Å². The Kier molecular flexibility index (Phi) is 2.87. The fourth-order valence-corrected chi connectivity index (χ4v) is 3.04. The lowest BCUT2D eigenvalue weighted by molar-refractivity contribution is -0.156. The molecule has 0 aromatic carbocycles. The molecule has 0 spiro atoms. The highest BCUT2D eigenvalue weighted by Gasteiger charge is 2.58. The van der Waals surface area contributed by atoms with Crippen molar-refractivity contribution in [2.75, 3.05) is 20.3 Å². The monoisotopic (exact) mass is 222 g/mol. The Labute approximate surface area is 83.3 Å². The molecule has 0 amide bonds. The number of rotatable bonds is 3. The van der Waals surface area contributed by atoms with Crippen LogP contribution in [0.25, 0.3) is 0 Å². The second-order valence-corrected chi connectivity index (χ2v) is 6.39. The molecule has 1 saturated heterocycles. The number of hydrogen-bond acceptors (Lipinski definition) is 5. The number of hydrogen-bond donors (Lipinski definition) is 0. The zero-order valence-electron chi connectivity index (χ0n) is 8.44. The third-order valence-corrected chi connectivity index (χ3v) is 5.13. The minimum absolute atomic E-state index is 0.0970. The molecule has 6 heteroatoms. The highest BCUT2D eigenvalue weighted by Crippen LogP contribution is 2.31. The van der Waals surface area contributed by atoms with Gasteiger partial charge in [0, 0.05) is 0 Å². The van der Waals surface area contributed by atoms with E-state index in [9.17, 15) is 13.2 Å². The molecule has 1 rings (SSSR count). The van der Waals surface area contributed by atoms with Crippen LogP contribution in [0.15, 0.2) is 0 Å². The summed E-state index contributed by atoms with van der Waals surface area (Å²) in [6, 6.07) is 0. The Morgan fingerprint density at radius 3 is 2.14 bits per heavy atom. The fraction of sp³-hybridized carbons (Fsp3) is 0.875. The van der Waals surface area contributed by atoms with Crippen LogP contribution in [0.2, 0.25) is 0 Å². The molecule has 0 atom stereocenters. The van der Waals surface area contributed by atoms with Crippen LogP contribution in [-0.2, 0) is 24.1 Å². The van der Waals surface area contributed by atoms with E-state index in [0.717, 1.165) is 0 Å². The molecule has 0 saturated carbocycles. The predicted molar refractivity (Wildman–Crippen MR) is 49.6 cm³/mol. The van der Waals surface area contributed by atoms with Gasteiger partial charge < -0.3 is 9.47 Å². The van der Waals surface area contributed by atoms with Gasteiger partial charge in [0.1, 0.15) is 0 Å². The lowest BCUT2D eigenvalue weighted by atomic mass is 10.1. The third kappa shape index (κ3) is 1.33. The van der Waals surface area contributed by atoms with E-state index in [4.69, 9.17) is 4.74 Å². The molecule has 0 aliphatic carbocycles. The Bertz CT molecular complexity index is 326. The van der Waals surface area contributed by atoms with Gasteiger partial charge in [0.15, 0.2) is 9.84 Å². The van der Waals surface area contributed by atoms with Gasteiger partial charge in [0.25, 0.3) is 0 Å². The van der Waals surface area contributed by atoms with Crippen molar-refractivity contribution in [2.45, 2.75) is 23.8 Å². The van der Waals surface area contributed by atoms with Gasteiger partial charge in [0.2, 0.25) is 4.75 Å². The van der Waals surface area contributed by atoms with E-state index in [1.54, 1.807) is 13.8 Å². The third-order valence-electron chi connectivity index (χ3n) is 2.39. The predicted octanol–water partition coefficient (Wildman–Crippen LogP) is -0.248. The van der Waals surface area contributed by atoms with E-state index in [1.807, 2.05) is 0 Å². The maximum absolute atomic E-state index is 11.9. The first kappa shape index (κ1) is 11.5. The average Bonchev–Trinajstić information content (AvgIpc) is 2.01. The Hall–Kier alpha value is -0.620. The maximum Gasteiger partial charge on any atom is 0.332 e. The SMILES string of the molecule is COC(=O)C1(S(=O)(=O)C(C)C)COC1. The van der Waals surface area contributed by atoms with Gasteiger partial charge in [-0.05, 0) is 13.8 Å². The molecule has 0 aromatic rings. The van der Waals surface area contributed by atoms with Crippen molar-refractivity contribution in [3.8, 4) is 0 Å². The van der Waals surface area contributed by atoms with E-state index >= 15 is 0 Å². The van der Waals surface area contributed by atoms with Crippen molar-refractivity contribution in [3.63, 3.8) is 0 Å². The van der Waals surface area contributed by atoms with Crippen molar-refractivity contribution < 1.29 is 22.7 Å². The van der Waals surface area contributed by atoms with Crippen LogP contribution in [0.1, 0.15) is 13.8 Å². The van der Waals surface area contributed by atoms with Crippen molar-refractivity contribution in [1.82, 2.24) is 0 Å². The summed E-state index contributed by atoms with van der Waals surface area (Å²) in [6.45, 7) is 2.89. The zero-order valence-corrected chi connectivity index (χ0v) is 9.26. The zero-order chi connectivity index (χ0) is 11.0. The normalized spacial score (nSPS) is 20.3. The van der Waals surface area contributed by atoms with Crippen molar-refractivity contribution >= 4 is 15.8 Å². The van der Waals surface area contributed by atoms with E-state index < -0.39 is 25.8 Å². The number of carbonyl (C=O) groups is 1. The molecule has 14 heavy (non-hydrogen) atoms. The molecule has 82 valence electrons. The molecule has 0 radical (unpaired) electrons. The second kappa shape index (κ2) is 3.51. The standard InChI is InChI=1S/C8H14O5S/c1-6(2)14(10,11)8(4-13-5-8)7(9)12-3/h6H,4-5H2,1-3H3. The summed E-state index contributed by atoms with van der Waals surface area (Å²) in [7, 11) is -2.33. The lowest BCUT2D eigenvalue weighted by Gasteiger charge is -2.38. The maximum atomic E-state index is 11.9. The molecule has 1 aliphatic heterocycles. The highest BCUT2D eigenvalue weighted by atomic mass is 32.2. The Balaban J connectivity index is 3.09. The van der Waals surface area contributed by atoms with Gasteiger partial charge in [-0.15, -0.1) is 0 Å². The molecule has 1 heterocycles. The summed E-state index contributed by atoms with van der Waals surface area (Å²) < 4.78 is 31.6.